The van der Waals surface area contributed by atoms with Gasteiger partial charge in [0.05, 0.1) is 11.9 Å². The van der Waals surface area contributed by atoms with Gasteiger partial charge in [-0.05, 0) is 68.5 Å². The lowest BCUT2D eigenvalue weighted by molar-refractivity contribution is -0.140. The summed E-state index contributed by atoms with van der Waals surface area (Å²) in [6, 6.07) is 12.3. The molecule has 2 rings (SSSR count). The zero-order chi connectivity index (χ0) is 26.9. The molecular formula is C27H38FN3O4S. The molecule has 2 atom stereocenters. The molecular weight excluding hydrogens is 481 g/mol. The van der Waals surface area contributed by atoms with Crippen LogP contribution >= 0.6 is 0 Å². The Labute approximate surface area is 214 Å². The normalized spacial score (nSPS) is 13.1. The van der Waals surface area contributed by atoms with E-state index in [-0.39, 0.29) is 49.6 Å². The van der Waals surface area contributed by atoms with Crippen molar-refractivity contribution in [2.75, 3.05) is 17.1 Å². The molecule has 0 heterocycles. The molecule has 2 amide bonds. The molecule has 0 fully saturated rings. The summed E-state index contributed by atoms with van der Waals surface area (Å²) >= 11 is 0. The zero-order valence-corrected chi connectivity index (χ0v) is 22.6. The second-order valence-electron chi connectivity index (χ2n) is 9.10. The van der Waals surface area contributed by atoms with Gasteiger partial charge in [-0.3, -0.25) is 13.9 Å². The molecule has 0 spiro atoms. The summed E-state index contributed by atoms with van der Waals surface area (Å²) in [6.07, 6.45) is 3.08. The summed E-state index contributed by atoms with van der Waals surface area (Å²) in [5.74, 6) is -0.929. The minimum atomic E-state index is -3.55. The van der Waals surface area contributed by atoms with Gasteiger partial charge in [0, 0.05) is 25.6 Å². The molecule has 2 aromatic rings. The van der Waals surface area contributed by atoms with E-state index in [0.717, 1.165) is 24.7 Å². The van der Waals surface area contributed by atoms with Crippen LogP contribution in [0.4, 0.5) is 10.1 Å². The third-order valence-corrected chi connectivity index (χ3v) is 7.41. The fraction of sp³-hybridized carbons (Fsp3) is 0.481. The molecule has 198 valence electrons. The number of carbonyl (C=O) groups excluding carboxylic acids is 2. The van der Waals surface area contributed by atoms with E-state index in [9.17, 15) is 22.4 Å². The van der Waals surface area contributed by atoms with Crippen molar-refractivity contribution in [1.82, 2.24) is 10.2 Å². The molecule has 0 unspecified atom stereocenters. The lowest BCUT2D eigenvalue weighted by Gasteiger charge is -2.30. The quantitative estimate of drug-likeness (QED) is 0.428. The number of nitrogens with one attached hydrogen (secondary N) is 1. The number of hydrogen-bond donors (Lipinski definition) is 1. The number of aryl methyl sites for hydroxylation is 1. The van der Waals surface area contributed by atoms with Crippen molar-refractivity contribution in [2.24, 2.45) is 0 Å². The summed E-state index contributed by atoms with van der Waals surface area (Å²) in [5, 5.41) is 2.90. The summed E-state index contributed by atoms with van der Waals surface area (Å²) < 4.78 is 39.5. The molecule has 36 heavy (non-hydrogen) atoms. The van der Waals surface area contributed by atoms with Crippen molar-refractivity contribution in [2.45, 2.75) is 72.0 Å². The predicted octanol–water partition coefficient (Wildman–Crippen LogP) is 4.27. The van der Waals surface area contributed by atoms with Crippen LogP contribution in [0.1, 0.15) is 58.1 Å². The van der Waals surface area contributed by atoms with Gasteiger partial charge in [-0.15, -0.1) is 0 Å². The first kappa shape index (κ1) is 29.3. The minimum absolute atomic E-state index is 0.0369. The van der Waals surface area contributed by atoms with E-state index in [0.29, 0.717) is 11.3 Å². The monoisotopic (exact) mass is 519 g/mol. The van der Waals surface area contributed by atoms with Gasteiger partial charge in [-0.2, -0.15) is 0 Å². The van der Waals surface area contributed by atoms with Crippen LogP contribution in [0.5, 0.6) is 0 Å². The summed E-state index contributed by atoms with van der Waals surface area (Å²) in [7, 11) is -3.55. The highest BCUT2D eigenvalue weighted by atomic mass is 32.2. The predicted molar refractivity (Wildman–Crippen MR) is 142 cm³/mol. The number of amides is 2. The molecule has 1 N–H and O–H groups in total. The Morgan fingerprint density at radius 1 is 0.972 bits per heavy atom. The summed E-state index contributed by atoms with van der Waals surface area (Å²) in [5.41, 5.74) is 2.34. The maximum absolute atomic E-state index is 13.4. The Kier molecular flexibility index (Phi) is 10.9. The van der Waals surface area contributed by atoms with Gasteiger partial charge < -0.3 is 10.2 Å². The van der Waals surface area contributed by atoms with E-state index in [1.54, 1.807) is 31.2 Å². The lowest BCUT2D eigenvalue weighted by atomic mass is 10.1. The van der Waals surface area contributed by atoms with Crippen molar-refractivity contribution < 1.29 is 22.4 Å². The Morgan fingerprint density at radius 2 is 1.56 bits per heavy atom. The third kappa shape index (κ3) is 8.62. The SMILES string of the molecule is CCc1ccc(N(CCCC(=O)N(Cc2ccc(F)cc2)[C@H](C)C(=O)N[C@@H](C)CC)S(C)(=O)=O)cc1. The fourth-order valence-corrected chi connectivity index (χ4v) is 4.70. The number of halogens is 1. The van der Waals surface area contributed by atoms with Crippen molar-refractivity contribution in [1.29, 1.82) is 0 Å². The highest BCUT2D eigenvalue weighted by Crippen LogP contribution is 2.20. The molecule has 0 aliphatic rings. The number of carbonyl (C=O) groups is 2. The Morgan fingerprint density at radius 3 is 2.08 bits per heavy atom. The molecule has 9 heteroatoms. The maximum atomic E-state index is 13.4. The van der Waals surface area contributed by atoms with Crippen LogP contribution in [0, 0.1) is 5.82 Å². The number of nitrogens with zero attached hydrogens (tertiary/aromatic N) is 2. The number of hydrogen-bond acceptors (Lipinski definition) is 4. The first-order valence-corrected chi connectivity index (χ1v) is 14.2. The van der Waals surface area contributed by atoms with E-state index in [1.165, 1.54) is 21.3 Å². The molecule has 0 saturated carbocycles. The van der Waals surface area contributed by atoms with Crippen LogP contribution in [0.25, 0.3) is 0 Å². The van der Waals surface area contributed by atoms with Crippen LogP contribution in [0.3, 0.4) is 0 Å². The summed E-state index contributed by atoms with van der Waals surface area (Å²) in [4.78, 5) is 27.5. The van der Waals surface area contributed by atoms with Crippen molar-refractivity contribution in [3.05, 3.63) is 65.5 Å². The van der Waals surface area contributed by atoms with Crippen LogP contribution in [0.2, 0.25) is 0 Å². The van der Waals surface area contributed by atoms with Gasteiger partial charge in [0.25, 0.3) is 0 Å². The number of benzene rings is 2. The second kappa shape index (κ2) is 13.4. The Bertz CT molecular complexity index is 1100. The zero-order valence-electron chi connectivity index (χ0n) is 21.8. The standard InChI is InChI=1S/C27H38FN3O4S/c1-6-20(3)29-27(33)21(4)30(19-23-10-14-24(28)15-11-23)26(32)9-8-18-31(36(5,34)35)25-16-12-22(7-2)13-17-25/h10-17,20-21H,6-9,18-19H2,1-5H3,(H,29,33)/t20-,21+/m0/s1. The molecule has 0 aromatic heterocycles. The number of anilines is 1. The van der Waals surface area contributed by atoms with Crippen molar-refractivity contribution in [3.63, 3.8) is 0 Å². The highest BCUT2D eigenvalue weighted by molar-refractivity contribution is 7.92. The molecule has 0 radical (unpaired) electrons. The van der Waals surface area contributed by atoms with Crippen LogP contribution in [-0.4, -0.2) is 50.0 Å². The van der Waals surface area contributed by atoms with E-state index in [1.807, 2.05) is 32.9 Å². The minimum Gasteiger partial charge on any atom is -0.352 e. The molecule has 7 nitrogen and oxygen atoms in total. The first-order valence-electron chi connectivity index (χ1n) is 12.4. The van der Waals surface area contributed by atoms with Gasteiger partial charge in [0.15, 0.2) is 0 Å². The fourth-order valence-electron chi connectivity index (χ4n) is 3.74. The average Bonchev–Trinajstić information content (AvgIpc) is 2.85. The lowest BCUT2D eigenvalue weighted by Crippen LogP contribution is -2.49. The van der Waals surface area contributed by atoms with Crippen LogP contribution in [0.15, 0.2) is 48.5 Å². The van der Waals surface area contributed by atoms with E-state index < -0.39 is 16.1 Å². The van der Waals surface area contributed by atoms with Gasteiger partial charge in [-0.1, -0.05) is 38.1 Å². The number of sulfonamides is 1. The first-order chi connectivity index (χ1) is 17.0. The van der Waals surface area contributed by atoms with Crippen molar-refractivity contribution in [3.8, 4) is 0 Å². The van der Waals surface area contributed by atoms with E-state index in [2.05, 4.69) is 5.32 Å². The van der Waals surface area contributed by atoms with Gasteiger partial charge in [0.2, 0.25) is 21.8 Å². The van der Waals surface area contributed by atoms with E-state index >= 15 is 0 Å². The highest BCUT2D eigenvalue weighted by Gasteiger charge is 2.27. The average molecular weight is 520 g/mol. The molecule has 0 aliphatic heterocycles. The smallest absolute Gasteiger partial charge is 0.242 e. The molecule has 0 saturated heterocycles. The van der Waals surface area contributed by atoms with E-state index in [4.69, 9.17) is 0 Å². The maximum Gasteiger partial charge on any atom is 0.242 e. The Hall–Kier alpha value is -2.94. The number of rotatable bonds is 13. The van der Waals surface area contributed by atoms with Crippen molar-refractivity contribution >= 4 is 27.5 Å². The van der Waals surface area contributed by atoms with Gasteiger partial charge in [0.1, 0.15) is 11.9 Å². The van der Waals surface area contributed by atoms with Crippen LogP contribution in [-0.2, 0) is 32.6 Å². The largest absolute Gasteiger partial charge is 0.352 e. The van der Waals surface area contributed by atoms with Crippen LogP contribution < -0.4 is 9.62 Å². The third-order valence-electron chi connectivity index (χ3n) is 6.22. The summed E-state index contributed by atoms with van der Waals surface area (Å²) in [6.45, 7) is 7.81. The van der Waals surface area contributed by atoms with Gasteiger partial charge >= 0.3 is 0 Å². The second-order valence-corrected chi connectivity index (χ2v) is 11.0. The molecule has 0 aliphatic carbocycles. The Balaban J connectivity index is 2.16. The topological polar surface area (TPSA) is 86.8 Å². The molecule has 0 bridgehead atoms. The van der Waals surface area contributed by atoms with Gasteiger partial charge in [-0.25, -0.2) is 12.8 Å². The molecule has 2 aromatic carbocycles.